The fourth-order valence-corrected chi connectivity index (χ4v) is 7.55. The Bertz CT molecular complexity index is 2300. The second kappa shape index (κ2) is 12.7. The first-order valence-electron chi connectivity index (χ1n) is 17.5. The van der Waals surface area contributed by atoms with Crippen LogP contribution in [0.25, 0.3) is 44.4 Å². The minimum atomic E-state index is 0.401. The zero-order valence-corrected chi connectivity index (χ0v) is 30.2. The van der Waals surface area contributed by atoms with Crippen LogP contribution in [0.3, 0.4) is 0 Å². The zero-order valence-electron chi connectivity index (χ0n) is 30.2. The van der Waals surface area contributed by atoms with E-state index in [0.717, 1.165) is 39.6 Å². The Morgan fingerprint density at radius 1 is 0.633 bits per heavy atom. The highest BCUT2D eigenvalue weighted by Gasteiger charge is 2.23. The maximum absolute atomic E-state index is 6.56. The molecule has 3 aromatic heterocycles. The molecule has 0 aliphatic carbocycles. The summed E-state index contributed by atoms with van der Waals surface area (Å²) in [6.45, 7) is 20.4. The van der Waals surface area contributed by atoms with E-state index in [1.54, 1.807) is 0 Å². The summed E-state index contributed by atoms with van der Waals surface area (Å²) >= 11 is 0. The summed E-state index contributed by atoms with van der Waals surface area (Å²) in [5.74, 6) is 3.64. The fourth-order valence-electron chi connectivity index (χ4n) is 7.55. The van der Waals surface area contributed by atoms with Crippen LogP contribution in [0, 0.1) is 20.8 Å². The molecule has 0 N–H and O–H groups in total. The number of pyridine rings is 1. The van der Waals surface area contributed by atoms with Crippen molar-refractivity contribution >= 4 is 21.8 Å². The molecule has 0 aliphatic rings. The minimum absolute atomic E-state index is 0.401. The Kier molecular flexibility index (Phi) is 8.40. The first-order chi connectivity index (χ1) is 23.5. The predicted octanol–water partition coefficient (Wildman–Crippen LogP) is 12.1. The van der Waals surface area contributed by atoms with Gasteiger partial charge in [0.1, 0.15) is 17.3 Å². The van der Waals surface area contributed by atoms with Gasteiger partial charge in [-0.3, -0.25) is 4.57 Å². The molecule has 49 heavy (non-hydrogen) atoms. The first-order valence-corrected chi connectivity index (χ1v) is 17.5. The summed E-state index contributed by atoms with van der Waals surface area (Å²) in [5, 5.41) is 7.23. The van der Waals surface area contributed by atoms with E-state index in [2.05, 4.69) is 140 Å². The highest BCUT2D eigenvalue weighted by molar-refractivity contribution is 6.09. The van der Waals surface area contributed by atoms with E-state index < -0.39 is 0 Å². The summed E-state index contributed by atoms with van der Waals surface area (Å²) in [6, 6.07) is 27.3. The molecule has 0 saturated carbocycles. The van der Waals surface area contributed by atoms with Crippen LogP contribution in [0.4, 0.5) is 0 Å². The van der Waals surface area contributed by atoms with Crippen LogP contribution >= 0.6 is 0 Å². The number of benzene rings is 4. The zero-order chi connectivity index (χ0) is 34.6. The number of para-hydroxylation sites is 1. The van der Waals surface area contributed by atoms with E-state index in [1.165, 1.54) is 49.7 Å². The lowest BCUT2D eigenvalue weighted by Crippen LogP contribution is -2.08. The lowest BCUT2D eigenvalue weighted by atomic mass is 9.78. The Morgan fingerprint density at radius 2 is 1.33 bits per heavy atom. The highest BCUT2D eigenvalue weighted by atomic mass is 16.5. The van der Waals surface area contributed by atoms with Gasteiger partial charge in [0.25, 0.3) is 0 Å². The number of hydrogen-bond donors (Lipinski definition) is 0. The Labute approximate surface area is 290 Å². The average molecular weight is 647 g/mol. The van der Waals surface area contributed by atoms with Gasteiger partial charge in [-0.1, -0.05) is 65.8 Å². The SMILES string of the molecule is Cc1c(C)c(C(C)C)c(-c2cnn(-c3cccc(Oc4ccc5c6ccccc6n(-c6cc(C(C)C)ccn6)c5c4)c3)c2)c(C(C)C)c1C. The molecule has 7 rings (SSSR count). The van der Waals surface area contributed by atoms with E-state index in [4.69, 9.17) is 14.8 Å². The van der Waals surface area contributed by atoms with Crippen molar-refractivity contribution in [3.8, 4) is 34.1 Å². The molecule has 0 spiro atoms. The van der Waals surface area contributed by atoms with Gasteiger partial charge in [0.05, 0.1) is 22.9 Å². The maximum Gasteiger partial charge on any atom is 0.137 e. The molecule has 5 nitrogen and oxygen atoms in total. The van der Waals surface area contributed by atoms with Crippen LogP contribution in [-0.2, 0) is 0 Å². The van der Waals surface area contributed by atoms with E-state index in [9.17, 15) is 0 Å². The Balaban J connectivity index is 1.27. The average Bonchev–Trinajstić information content (AvgIpc) is 3.70. The maximum atomic E-state index is 6.56. The van der Waals surface area contributed by atoms with Crippen molar-refractivity contribution in [3.05, 3.63) is 131 Å². The smallest absolute Gasteiger partial charge is 0.137 e. The molecule has 0 saturated heterocycles. The van der Waals surface area contributed by atoms with E-state index in [0.29, 0.717) is 17.8 Å². The van der Waals surface area contributed by atoms with E-state index in [1.807, 2.05) is 29.2 Å². The van der Waals surface area contributed by atoms with Crippen LogP contribution in [0.2, 0.25) is 0 Å². The highest BCUT2D eigenvalue weighted by Crippen LogP contribution is 2.42. The molecule has 5 heteroatoms. The van der Waals surface area contributed by atoms with Crippen LogP contribution in [0.15, 0.2) is 97.5 Å². The monoisotopic (exact) mass is 646 g/mol. The molecule has 0 aliphatic heterocycles. The molecule has 3 heterocycles. The Morgan fingerprint density at radius 3 is 2.04 bits per heavy atom. The molecular weight excluding hydrogens is 601 g/mol. The standard InChI is InChI=1S/C44H46N4O/c1-26(2)32-19-20-45-41(21-32)48-39-16-11-10-15-37(39)38-18-17-36(23-40(38)48)49-35-14-12-13-34(22-35)47-25-33(24-46-47)44-42(27(3)4)30(8)29(7)31(9)43(44)28(5)6/h10-28H,1-9H3. The van der Waals surface area contributed by atoms with Crippen molar-refractivity contribution in [2.75, 3.05) is 0 Å². The first kappa shape index (κ1) is 32.4. The lowest BCUT2D eigenvalue weighted by Gasteiger charge is -2.26. The number of hydrogen-bond acceptors (Lipinski definition) is 3. The van der Waals surface area contributed by atoms with Crippen molar-refractivity contribution in [1.82, 2.24) is 19.3 Å². The third-order valence-electron chi connectivity index (χ3n) is 10.1. The van der Waals surface area contributed by atoms with E-state index >= 15 is 0 Å². The van der Waals surface area contributed by atoms with Crippen molar-refractivity contribution in [1.29, 1.82) is 0 Å². The molecule has 248 valence electrons. The molecule has 0 bridgehead atoms. The topological polar surface area (TPSA) is 44.9 Å². The quantitative estimate of drug-likeness (QED) is 0.165. The number of rotatable bonds is 8. The summed E-state index contributed by atoms with van der Waals surface area (Å²) in [7, 11) is 0. The van der Waals surface area contributed by atoms with Gasteiger partial charge in [0.2, 0.25) is 0 Å². The molecule has 0 radical (unpaired) electrons. The summed E-state index contributed by atoms with van der Waals surface area (Å²) in [6.07, 6.45) is 6.10. The molecule has 0 fully saturated rings. The second-order valence-electron chi connectivity index (χ2n) is 14.3. The van der Waals surface area contributed by atoms with Gasteiger partial charge in [-0.15, -0.1) is 0 Å². The van der Waals surface area contributed by atoms with Gasteiger partial charge in [0.15, 0.2) is 0 Å². The predicted molar refractivity (Wildman–Crippen MR) is 204 cm³/mol. The van der Waals surface area contributed by atoms with Crippen LogP contribution in [-0.4, -0.2) is 19.3 Å². The van der Waals surface area contributed by atoms with E-state index in [-0.39, 0.29) is 0 Å². The summed E-state index contributed by atoms with van der Waals surface area (Å²) in [4.78, 5) is 4.80. The van der Waals surface area contributed by atoms with Gasteiger partial charge in [-0.2, -0.15) is 5.10 Å². The van der Waals surface area contributed by atoms with Crippen molar-refractivity contribution < 1.29 is 4.74 Å². The van der Waals surface area contributed by atoms with Gasteiger partial charge < -0.3 is 4.74 Å². The van der Waals surface area contributed by atoms with Gasteiger partial charge in [0, 0.05) is 40.9 Å². The van der Waals surface area contributed by atoms with Crippen LogP contribution < -0.4 is 4.74 Å². The summed E-state index contributed by atoms with van der Waals surface area (Å²) < 4.78 is 10.8. The number of fused-ring (bicyclic) bond motifs is 3. The van der Waals surface area contributed by atoms with Gasteiger partial charge in [-0.25, -0.2) is 9.67 Å². The molecule has 0 amide bonds. The third-order valence-corrected chi connectivity index (χ3v) is 10.1. The van der Waals surface area contributed by atoms with Crippen molar-refractivity contribution in [3.63, 3.8) is 0 Å². The molecule has 0 unspecified atom stereocenters. The summed E-state index contributed by atoms with van der Waals surface area (Å²) in [5.41, 5.74) is 13.9. The van der Waals surface area contributed by atoms with Gasteiger partial charge in [-0.05, 0) is 120 Å². The molecule has 7 aromatic rings. The van der Waals surface area contributed by atoms with Crippen LogP contribution in [0.1, 0.15) is 92.7 Å². The second-order valence-corrected chi connectivity index (χ2v) is 14.3. The number of aromatic nitrogens is 4. The Hall–Kier alpha value is -5.16. The molecule has 4 aromatic carbocycles. The van der Waals surface area contributed by atoms with Crippen molar-refractivity contribution in [2.24, 2.45) is 0 Å². The van der Waals surface area contributed by atoms with Gasteiger partial charge >= 0.3 is 0 Å². The molecule has 0 atom stereocenters. The number of nitrogens with zero attached hydrogens (tertiary/aromatic N) is 4. The normalized spacial score (nSPS) is 11.9. The minimum Gasteiger partial charge on any atom is -0.457 e. The fraction of sp³-hybridized carbons (Fsp3) is 0.273. The third kappa shape index (κ3) is 5.71. The number of ether oxygens (including phenoxy) is 1. The largest absolute Gasteiger partial charge is 0.457 e. The molecular formula is C44H46N4O. The lowest BCUT2D eigenvalue weighted by molar-refractivity contribution is 0.483. The van der Waals surface area contributed by atoms with Crippen LogP contribution in [0.5, 0.6) is 11.5 Å². The van der Waals surface area contributed by atoms with Crippen molar-refractivity contribution in [2.45, 2.75) is 80.1 Å².